The molecule has 158 valence electrons. The van der Waals surface area contributed by atoms with E-state index in [2.05, 4.69) is 4.72 Å². The van der Waals surface area contributed by atoms with Gasteiger partial charge in [0.2, 0.25) is 0 Å². The van der Waals surface area contributed by atoms with Gasteiger partial charge in [0.05, 0.1) is 10.6 Å². The Morgan fingerprint density at radius 2 is 1.66 bits per heavy atom. The molecular formula is C19H20ClF3N2O3S. The monoisotopic (exact) mass is 448 g/mol. The third-order valence-corrected chi connectivity index (χ3v) is 5.91. The summed E-state index contributed by atoms with van der Waals surface area (Å²) in [6, 6.07) is 8.08. The summed E-state index contributed by atoms with van der Waals surface area (Å²) >= 11 is 6.19. The van der Waals surface area contributed by atoms with Gasteiger partial charge in [0.15, 0.2) is 0 Å². The number of hydrogen-bond donors (Lipinski definition) is 2. The number of alkyl halides is 3. The van der Waals surface area contributed by atoms with Gasteiger partial charge in [0, 0.05) is 10.6 Å². The molecule has 10 heteroatoms. The Hall–Kier alpha value is -2.26. The third-order valence-electron chi connectivity index (χ3n) is 4.19. The van der Waals surface area contributed by atoms with Crippen molar-refractivity contribution in [3.8, 4) is 0 Å². The number of halogens is 4. The normalized spacial score (nSPS) is 11.9. The largest absolute Gasteiger partial charge is 0.405 e. The first-order valence-corrected chi connectivity index (χ1v) is 10.6. The van der Waals surface area contributed by atoms with Crippen LogP contribution < -0.4 is 10.0 Å². The van der Waals surface area contributed by atoms with Crippen LogP contribution in [0.3, 0.4) is 0 Å². The fourth-order valence-corrected chi connectivity index (χ4v) is 4.13. The molecule has 29 heavy (non-hydrogen) atoms. The Balaban J connectivity index is 2.27. The first kappa shape index (κ1) is 23.0. The van der Waals surface area contributed by atoms with E-state index in [-0.39, 0.29) is 10.5 Å². The smallest absolute Gasteiger partial charge is 0.343 e. The Labute approximate surface area is 172 Å². The number of carbonyl (C=O) groups excluding carboxylic acids is 1. The van der Waals surface area contributed by atoms with E-state index < -0.39 is 28.7 Å². The van der Waals surface area contributed by atoms with Crippen molar-refractivity contribution in [3.05, 3.63) is 58.1 Å². The van der Waals surface area contributed by atoms with E-state index in [1.165, 1.54) is 0 Å². The molecule has 0 fully saturated rings. The Bertz CT molecular complexity index is 991. The van der Waals surface area contributed by atoms with Crippen LogP contribution in [-0.4, -0.2) is 27.0 Å². The van der Waals surface area contributed by atoms with Gasteiger partial charge in [-0.05, 0) is 54.3 Å². The number of nitrogens with one attached hydrogen (secondary N) is 2. The molecule has 1 amide bonds. The molecule has 5 nitrogen and oxygen atoms in total. The Morgan fingerprint density at radius 1 is 1.03 bits per heavy atom. The summed E-state index contributed by atoms with van der Waals surface area (Å²) in [5.74, 6) is -0.949. The summed E-state index contributed by atoms with van der Waals surface area (Å²) in [6.45, 7) is 2.27. The van der Waals surface area contributed by atoms with Gasteiger partial charge in [-0.3, -0.25) is 9.52 Å². The van der Waals surface area contributed by atoms with E-state index >= 15 is 0 Å². The molecule has 0 heterocycles. The van der Waals surface area contributed by atoms with Crippen LogP contribution in [0, 0.1) is 0 Å². The molecule has 0 spiro atoms. The van der Waals surface area contributed by atoms with E-state index in [4.69, 9.17) is 11.6 Å². The molecule has 0 radical (unpaired) electrons. The highest BCUT2D eigenvalue weighted by molar-refractivity contribution is 7.92. The van der Waals surface area contributed by atoms with Gasteiger partial charge >= 0.3 is 6.18 Å². The topological polar surface area (TPSA) is 75.3 Å². The first-order chi connectivity index (χ1) is 13.5. The maximum absolute atomic E-state index is 12.8. The molecule has 0 aliphatic heterocycles. The van der Waals surface area contributed by atoms with E-state index in [0.29, 0.717) is 29.1 Å². The number of rotatable bonds is 7. The molecule has 2 aromatic rings. The molecule has 0 unspecified atom stereocenters. The predicted octanol–water partition coefficient (Wildman–Crippen LogP) is 4.56. The fraction of sp³-hybridized carbons (Fsp3) is 0.316. The summed E-state index contributed by atoms with van der Waals surface area (Å²) in [4.78, 5) is 11.6. The van der Waals surface area contributed by atoms with E-state index in [1.54, 1.807) is 17.4 Å². The zero-order valence-corrected chi connectivity index (χ0v) is 17.3. The lowest BCUT2D eigenvalue weighted by Gasteiger charge is -2.17. The average molecular weight is 449 g/mol. The fourth-order valence-electron chi connectivity index (χ4n) is 2.70. The molecule has 0 bridgehead atoms. The first-order valence-electron chi connectivity index (χ1n) is 8.76. The van der Waals surface area contributed by atoms with Crippen LogP contribution in [-0.2, 0) is 22.9 Å². The minimum absolute atomic E-state index is 0.0838. The number of hydrogen-bond acceptors (Lipinski definition) is 3. The molecule has 2 aromatic carbocycles. The second kappa shape index (κ2) is 9.04. The highest BCUT2D eigenvalue weighted by Crippen LogP contribution is 2.31. The molecular weight excluding hydrogens is 429 g/mol. The van der Waals surface area contributed by atoms with Crippen LogP contribution in [0.5, 0.6) is 0 Å². The van der Waals surface area contributed by atoms with E-state index in [9.17, 15) is 26.4 Å². The summed E-state index contributed by atoms with van der Waals surface area (Å²) < 4.78 is 64.7. The van der Waals surface area contributed by atoms with Crippen LogP contribution in [0.1, 0.15) is 35.3 Å². The van der Waals surface area contributed by atoms with Crippen molar-refractivity contribution >= 4 is 33.2 Å². The van der Waals surface area contributed by atoms with Crippen molar-refractivity contribution in [2.45, 2.75) is 37.8 Å². The summed E-state index contributed by atoms with van der Waals surface area (Å²) in [7, 11) is -3.99. The minimum Gasteiger partial charge on any atom is -0.343 e. The zero-order valence-electron chi connectivity index (χ0n) is 15.7. The molecule has 0 saturated carbocycles. The minimum atomic E-state index is -4.53. The zero-order chi connectivity index (χ0) is 21.8. The van der Waals surface area contributed by atoms with E-state index in [1.807, 2.05) is 13.8 Å². The number of carbonyl (C=O) groups is 1. The maximum atomic E-state index is 12.8. The lowest BCUT2D eigenvalue weighted by molar-refractivity contribution is -0.123. The van der Waals surface area contributed by atoms with Crippen LogP contribution in [0.4, 0.5) is 18.9 Å². The molecule has 2 N–H and O–H groups in total. The van der Waals surface area contributed by atoms with Gasteiger partial charge in [-0.25, -0.2) is 8.42 Å². The van der Waals surface area contributed by atoms with Gasteiger partial charge in [-0.1, -0.05) is 31.5 Å². The van der Waals surface area contributed by atoms with Crippen molar-refractivity contribution < 1.29 is 26.4 Å². The summed E-state index contributed by atoms with van der Waals surface area (Å²) in [5.41, 5.74) is 1.77. The molecule has 0 saturated heterocycles. The number of benzene rings is 2. The Kier molecular flexibility index (Phi) is 7.18. The summed E-state index contributed by atoms with van der Waals surface area (Å²) in [5, 5.41) is 2.17. The van der Waals surface area contributed by atoms with Crippen molar-refractivity contribution in [1.82, 2.24) is 5.32 Å². The number of sulfonamides is 1. The maximum Gasteiger partial charge on any atom is 0.405 e. The molecule has 0 aromatic heterocycles. The third kappa shape index (κ3) is 5.86. The molecule has 0 aliphatic carbocycles. The standard InChI is InChI=1S/C19H20ClF3N2O3S/c1-3-12-7-10-16(20)15(4-2)17(12)25-29(27,28)14-8-5-13(6-9-14)18(26)24-11-19(21,22)23/h5-10,25H,3-4,11H2,1-2H3,(H,24,26). The number of amides is 1. The Morgan fingerprint density at radius 3 is 2.17 bits per heavy atom. The summed E-state index contributed by atoms with van der Waals surface area (Å²) in [6.07, 6.45) is -3.43. The lowest BCUT2D eigenvalue weighted by atomic mass is 10.0. The molecule has 2 rings (SSSR count). The second-order valence-corrected chi connectivity index (χ2v) is 8.28. The van der Waals surface area contributed by atoms with Crippen LogP contribution in [0.2, 0.25) is 5.02 Å². The van der Waals surface area contributed by atoms with Crippen molar-refractivity contribution in [2.24, 2.45) is 0 Å². The van der Waals surface area contributed by atoms with Gasteiger partial charge < -0.3 is 5.32 Å². The SMILES string of the molecule is CCc1ccc(Cl)c(CC)c1NS(=O)(=O)c1ccc(C(=O)NCC(F)(F)F)cc1. The van der Waals surface area contributed by atoms with Crippen molar-refractivity contribution in [2.75, 3.05) is 11.3 Å². The molecule has 0 atom stereocenters. The second-order valence-electron chi connectivity index (χ2n) is 6.19. The van der Waals surface area contributed by atoms with Gasteiger partial charge in [-0.15, -0.1) is 0 Å². The van der Waals surface area contributed by atoms with Gasteiger partial charge in [-0.2, -0.15) is 13.2 Å². The van der Waals surface area contributed by atoms with Crippen molar-refractivity contribution in [1.29, 1.82) is 0 Å². The van der Waals surface area contributed by atoms with Gasteiger partial charge in [0.1, 0.15) is 6.54 Å². The highest BCUT2D eigenvalue weighted by atomic mass is 35.5. The van der Waals surface area contributed by atoms with Crippen LogP contribution in [0.15, 0.2) is 41.3 Å². The van der Waals surface area contributed by atoms with Crippen molar-refractivity contribution in [3.63, 3.8) is 0 Å². The highest BCUT2D eigenvalue weighted by Gasteiger charge is 2.28. The average Bonchev–Trinajstić information content (AvgIpc) is 2.66. The van der Waals surface area contributed by atoms with Gasteiger partial charge in [0.25, 0.3) is 15.9 Å². The van der Waals surface area contributed by atoms with Crippen LogP contribution in [0.25, 0.3) is 0 Å². The van der Waals surface area contributed by atoms with E-state index in [0.717, 1.165) is 29.8 Å². The van der Waals surface area contributed by atoms with Crippen LogP contribution >= 0.6 is 11.6 Å². The lowest BCUT2D eigenvalue weighted by Crippen LogP contribution is -2.33. The number of anilines is 1. The molecule has 0 aliphatic rings. The predicted molar refractivity (Wildman–Crippen MR) is 106 cm³/mol. The quantitative estimate of drug-likeness (QED) is 0.652. The number of aryl methyl sites for hydroxylation is 1.